The van der Waals surface area contributed by atoms with Crippen molar-refractivity contribution in [2.75, 3.05) is 24.5 Å². The highest BCUT2D eigenvalue weighted by molar-refractivity contribution is 8.30. The Kier molecular flexibility index (Phi) is 8.51. The number of aromatic nitrogens is 1. The molecule has 5 heterocycles. The Morgan fingerprint density at radius 1 is 0.929 bits per heavy atom. The highest BCUT2D eigenvalue weighted by Gasteiger charge is 2.33. The summed E-state index contributed by atoms with van der Waals surface area (Å²) in [7, 11) is 0. The number of carboxylic acids is 1. The average Bonchev–Trinajstić information content (AvgIpc) is 3.78. The highest BCUT2D eigenvalue weighted by atomic mass is 32.2. The Hall–Kier alpha value is -3.03. The second-order valence-electron chi connectivity index (χ2n) is 9.91. The third-order valence-corrected chi connectivity index (χ3v) is 12.2. The van der Waals surface area contributed by atoms with Crippen LogP contribution in [0.5, 0.6) is 0 Å². The number of piperidine rings is 1. The average molecular weight is 654 g/mol. The summed E-state index contributed by atoms with van der Waals surface area (Å²) in [6.07, 6.45) is 5.61. The van der Waals surface area contributed by atoms with E-state index in [1.807, 2.05) is 19.1 Å². The molecule has 12 heteroatoms. The van der Waals surface area contributed by atoms with Crippen LogP contribution in [0.1, 0.15) is 31.1 Å². The fourth-order valence-electron chi connectivity index (χ4n) is 5.07. The van der Waals surface area contributed by atoms with Crippen LogP contribution in [0, 0.1) is 0 Å². The van der Waals surface area contributed by atoms with E-state index >= 15 is 0 Å². The van der Waals surface area contributed by atoms with Crippen LogP contribution >= 0.6 is 58.0 Å². The largest absolute Gasteiger partial charge is 0.480 e. The lowest BCUT2D eigenvalue weighted by atomic mass is 10.1. The summed E-state index contributed by atoms with van der Waals surface area (Å²) in [6.45, 7) is 3.96. The fourth-order valence-corrected chi connectivity index (χ4v) is 9.83. The Bertz CT molecular complexity index is 1860. The molecule has 7 nitrogen and oxygen atoms in total. The number of thiocarbonyl (C=S) groups is 1. The first-order valence-electron chi connectivity index (χ1n) is 13.6. The van der Waals surface area contributed by atoms with Gasteiger partial charge in [0.25, 0.3) is 11.5 Å². The Balaban J connectivity index is 1.29. The Morgan fingerprint density at radius 3 is 2.31 bits per heavy atom. The van der Waals surface area contributed by atoms with Crippen LogP contribution in [0.25, 0.3) is 31.2 Å². The summed E-state index contributed by atoms with van der Waals surface area (Å²) >= 11 is 10.9. The first-order valence-corrected chi connectivity index (χ1v) is 17.3. The van der Waals surface area contributed by atoms with Gasteiger partial charge in [0.05, 0.1) is 4.53 Å². The lowest BCUT2D eigenvalue weighted by Gasteiger charge is -2.28. The summed E-state index contributed by atoms with van der Waals surface area (Å²) in [5, 5.41) is 9.46. The van der Waals surface area contributed by atoms with Gasteiger partial charge in [0.15, 0.2) is 0 Å². The van der Waals surface area contributed by atoms with E-state index in [2.05, 4.69) is 41.3 Å². The molecule has 3 aromatic heterocycles. The van der Waals surface area contributed by atoms with Gasteiger partial charge >= 0.3 is 5.97 Å². The topological polar surface area (TPSA) is 82.9 Å². The van der Waals surface area contributed by atoms with E-state index in [1.54, 1.807) is 28.7 Å². The third-order valence-electron chi connectivity index (χ3n) is 7.18. The monoisotopic (exact) mass is 653 g/mol. The van der Waals surface area contributed by atoms with Crippen LogP contribution in [-0.2, 0) is 16.1 Å². The number of thiazole rings is 1. The standard InChI is InChI=1S/C30H27N3O4S5/c1-2-32-28(37)26(42-30(32)38)29-33(17-25(34)35)27(36)24(41-29)16-20-10-11-22(39-20)23-13-12-21(40-23)18-6-8-19(9-7-18)31-14-4-3-5-15-31/h6-13,16H,2-5,14-15,17H2,1H3,(H,34,35)/b24-16+,29-26+. The molecule has 6 rings (SSSR count). The van der Waals surface area contributed by atoms with Crippen molar-refractivity contribution >= 4 is 90.9 Å². The summed E-state index contributed by atoms with van der Waals surface area (Å²) in [6, 6.07) is 17.1. The zero-order valence-electron chi connectivity index (χ0n) is 22.7. The molecule has 0 aliphatic carbocycles. The first kappa shape index (κ1) is 29.1. The summed E-state index contributed by atoms with van der Waals surface area (Å²) < 4.78 is 2.27. The quantitative estimate of drug-likeness (QED) is 0.273. The van der Waals surface area contributed by atoms with Crippen molar-refractivity contribution in [2.45, 2.75) is 32.7 Å². The minimum absolute atomic E-state index is 0.298. The molecule has 0 saturated carbocycles. The van der Waals surface area contributed by atoms with Gasteiger partial charge in [0.1, 0.15) is 20.4 Å². The number of hydrogen-bond acceptors (Lipinski definition) is 9. The van der Waals surface area contributed by atoms with E-state index in [4.69, 9.17) is 12.2 Å². The molecule has 42 heavy (non-hydrogen) atoms. The van der Waals surface area contributed by atoms with E-state index in [1.165, 1.54) is 40.3 Å². The lowest BCUT2D eigenvalue weighted by Crippen LogP contribution is -2.35. The maximum absolute atomic E-state index is 13.3. The minimum atomic E-state index is -1.15. The molecular formula is C30H27N3O4S5. The third kappa shape index (κ3) is 5.78. The number of carboxylic acid groups (broad SMARTS) is 1. The van der Waals surface area contributed by atoms with E-state index < -0.39 is 18.1 Å². The van der Waals surface area contributed by atoms with Gasteiger partial charge in [-0.15, -0.1) is 34.0 Å². The molecule has 1 amide bonds. The molecule has 2 saturated heterocycles. The van der Waals surface area contributed by atoms with Crippen molar-refractivity contribution < 1.29 is 14.7 Å². The number of rotatable bonds is 7. The van der Waals surface area contributed by atoms with Crippen LogP contribution in [0.2, 0.25) is 0 Å². The van der Waals surface area contributed by atoms with Crippen molar-refractivity contribution in [3.8, 4) is 20.2 Å². The number of benzene rings is 1. The number of anilines is 1. The van der Waals surface area contributed by atoms with Gasteiger partial charge < -0.3 is 10.0 Å². The maximum atomic E-state index is 13.3. The SMILES string of the molecule is CCN1C(=O)/C(=c2\s/c(=C/c3ccc(-c4ccc(-c5ccc(N6CCCCC6)cc5)s4)s3)c(=O)n2CC(=O)O)SC1=S. The van der Waals surface area contributed by atoms with Crippen molar-refractivity contribution in [1.29, 1.82) is 0 Å². The number of hydrogen-bond donors (Lipinski definition) is 1. The van der Waals surface area contributed by atoms with Gasteiger partial charge in [0.2, 0.25) is 0 Å². The molecule has 0 atom stereocenters. The normalized spacial score (nSPS) is 17.5. The van der Waals surface area contributed by atoms with E-state index in [0.29, 0.717) is 25.0 Å². The molecule has 1 N–H and O–H groups in total. The molecule has 0 bridgehead atoms. The molecule has 0 radical (unpaired) electrons. The molecule has 2 aliphatic rings. The van der Waals surface area contributed by atoms with Gasteiger partial charge in [-0.25, -0.2) is 0 Å². The van der Waals surface area contributed by atoms with E-state index in [9.17, 15) is 19.5 Å². The lowest BCUT2D eigenvalue weighted by molar-refractivity contribution is -0.137. The summed E-state index contributed by atoms with van der Waals surface area (Å²) in [4.78, 5) is 46.3. The number of carbonyl (C=O) groups excluding carboxylic acids is 1. The molecule has 0 unspecified atom stereocenters. The minimum Gasteiger partial charge on any atom is -0.480 e. The second kappa shape index (κ2) is 12.3. The van der Waals surface area contributed by atoms with Crippen LogP contribution in [0.3, 0.4) is 0 Å². The predicted molar refractivity (Wildman–Crippen MR) is 179 cm³/mol. The molecule has 2 aliphatic heterocycles. The number of amides is 1. The second-order valence-corrected chi connectivity index (χ2v) is 14.8. The van der Waals surface area contributed by atoms with E-state index in [0.717, 1.165) is 55.4 Å². The molecule has 4 aromatic rings. The molecule has 0 spiro atoms. The van der Waals surface area contributed by atoms with Crippen LogP contribution in [0.4, 0.5) is 5.69 Å². The van der Waals surface area contributed by atoms with Crippen LogP contribution in [0.15, 0.2) is 53.3 Å². The van der Waals surface area contributed by atoms with Crippen molar-refractivity contribution in [2.24, 2.45) is 0 Å². The van der Waals surface area contributed by atoms with Gasteiger partial charge in [-0.05, 0) is 74.2 Å². The predicted octanol–water partition coefficient (Wildman–Crippen LogP) is 5.26. The summed E-state index contributed by atoms with van der Waals surface area (Å²) in [5.41, 5.74) is 2.05. The van der Waals surface area contributed by atoms with Gasteiger partial charge in [-0.3, -0.25) is 23.9 Å². The van der Waals surface area contributed by atoms with Crippen molar-refractivity contribution in [3.63, 3.8) is 0 Å². The summed E-state index contributed by atoms with van der Waals surface area (Å²) in [5.74, 6) is -1.45. The molecule has 1 aromatic carbocycles. The molecular weight excluding hydrogens is 627 g/mol. The van der Waals surface area contributed by atoms with Crippen LogP contribution in [-0.4, -0.2) is 50.4 Å². The van der Waals surface area contributed by atoms with Gasteiger partial charge in [-0.1, -0.05) is 36.1 Å². The first-order chi connectivity index (χ1) is 20.3. The molecule has 216 valence electrons. The number of nitrogens with zero attached hydrogens (tertiary/aromatic N) is 3. The zero-order chi connectivity index (χ0) is 29.4. The van der Waals surface area contributed by atoms with Gasteiger partial charge in [0, 0.05) is 44.8 Å². The van der Waals surface area contributed by atoms with Gasteiger partial charge in [-0.2, -0.15) is 0 Å². The van der Waals surface area contributed by atoms with Crippen molar-refractivity contribution in [1.82, 2.24) is 9.47 Å². The fraction of sp³-hybridized carbons (Fsp3) is 0.267. The Labute approximate surface area is 264 Å². The smallest absolute Gasteiger partial charge is 0.323 e. The number of thiophene rings is 2. The van der Waals surface area contributed by atoms with Crippen molar-refractivity contribution in [3.05, 3.63) is 73.0 Å². The number of thioether (sulfide) groups is 1. The highest BCUT2D eigenvalue weighted by Crippen LogP contribution is 2.38. The zero-order valence-corrected chi connectivity index (χ0v) is 26.8. The molecule has 2 fully saturated rings. The number of aliphatic carboxylic acids is 1. The Morgan fingerprint density at radius 2 is 1.62 bits per heavy atom. The maximum Gasteiger partial charge on any atom is 0.323 e. The van der Waals surface area contributed by atoms with E-state index in [-0.39, 0.29) is 5.91 Å². The van der Waals surface area contributed by atoms with Crippen LogP contribution < -0.4 is 19.7 Å². The number of carbonyl (C=O) groups is 2.